The lowest BCUT2D eigenvalue weighted by molar-refractivity contribution is -0.142. The largest absolute Gasteiger partial charge is 0.493 e. The molecule has 0 aromatic heterocycles. The minimum absolute atomic E-state index is 0.298. The van der Waals surface area contributed by atoms with Crippen LogP contribution in [0, 0.1) is 5.92 Å². The van der Waals surface area contributed by atoms with Gasteiger partial charge in [0.15, 0.2) is 0 Å². The number of carboxylic acid groups (broad SMARTS) is 1. The number of hydrogen-bond acceptors (Lipinski definition) is 3. The smallest absolute Gasteiger partial charge is 0.416 e. The van der Waals surface area contributed by atoms with Gasteiger partial charge in [0.05, 0.1) is 18.1 Å². The lowest BCUT2D eigenvalue weighted by Crippen LogP contribution is -2.50. The van der Waals surface area contributed by atoms with Gasteiger partial charge in [-0.05, 0) is 48.2 Å². The molecule has 4 rings (SSSR count). The molecule has 0 aliphatic carbocycles. The Morgan fingerprint density at radius 2 is 1.96 bits per heavy atom. The Balaban J connectivity index is 1.73. The van der Waals surface area contributed by atoms with E-state index in [0.29, 0.717) is 43.0 Å². The Kier molecular flexibility index (Phi) is 4.25. The molecule has 2 aliphatic rings. The second-order valence-corrected chi connectivity index (χ2v) is 6.94. The first-order valence-electron chi connectivity index (χ1n) is 8.78. The van der Waals surface area contributed by atoms with Gasteiger partial charge < -0.3 is 14.7 Å². The number of carbonyl (C=O) groups is 1. The predicted molar refractivity (Wildman–Crippen MR) is 94.0 cm³/mol. The minimum Gasteiger partial charge on any atom is -0.493 e. The Morgan fingerprint density at radius 3 is 2.67 bits per heavy atom. The summed E-state index contributed by atoms with van der Waals surface area (Å²) >= 11 is 0. The zero-order valence-electron chi connectivity index (χ0n) is 14.4. The summed E-state index contributed by atoms with van der Waals surface area (Å²) in [5.74, 6) is -0.929. The zero-order chi connectivity index (χ0) is 19.2. The van der Waals surface area contributed by atoms with E-state index in [1.54, 1.807) is 12.1 Å². The van der Waals surface area contributed by atoms with E-state index in [1.165, 1.54) is 6.07 Å². The summed E-state index contributed by atoms with van der Waals surface area (Å²) in [5, 5.41) is 9.02. The van der Waals surface area contributed by atoms with Gasteiger partial charge in [-0.15, -0.1) is 0 Å². The van der Waals surface area contributed by atoms with Crippen LogP contribution in [0.1, 0.15) is 17.5 Å². The second kappa shape index (κ2) is 6.48. The Labute approximate surface area is 154 Å². The van der Waals surface area contributed by atoms with E-state index in [-0.39, 0.29) is 0 Å². The van der Waals surface area contributed by atoms with Gasteiger partial charge in [0, 0.05) is 24.3 Å². The van der Waals surface area contributed by atoms with E-state index < -0.39 is 23.6 Å². The van der Waals surface area contributed by atoms with Crippen molar-refractivity contribution in [3.63, 3.8) is 0 Å². The molecule has 0 radical (unpaired) electrons. The van der Waals surface area contributed by atoms with E-state index in [4.69, 9.17) is 9.84 Å². The first kappa shape index (κ1) is 17.7. The molecule has 4 nitrogen and oxygen atoms in total. The lowest BCUT2D eigenvalue weighted by atomic mass is 9.91. The highest BCUT2D eigenvalue weighted by atomic mass is 19.4. The fourth-order valence-electron chi connectivity index (χ4n) is 3.60. The van der Waals surface area contributed by atoms with Crippen LogP contribution < -0.4 is 9.64 Å². The van der Waals surface area contributed by atoms with Gasteiger partial charge in [-0.25, -0.2) is 0 Å². The standard InChI is InChI=1S/C20H18F3NO3/c21-20(22,23)14-8-17(16-5-2-6-27-18(16)9-14)12-3-1-4-15(7-12)24-10-13(11-24)19(25)26/h1,3-4,7-9,13H,2,5-6,10-11H2,(H,25,26). The summed E-state index contributed by atoms with van der Waals surface area (Å²) in [4.78, 5) is 12.9. The van der Waals surface area contributed by atoms with Gasteiger partial charge in [-0.2, -0.15) is 13.2 Å². The van der Waals surface area contributed by atoms with Crippen LogP contribution >= 0.6 is 0 Å². The van der Waals surface area contributed by atoms with Gasteiger partial charge in [0.25, 0.3) is 0 Å². The molecule has 7 heteroatoms. The third kappa shape index (κ3) is 3.34. The summed E-state index contributed by atoms with van der Waals surface area (Å²) < 4.78 is 45.5. The summed E-state index contributed by atoms with van der Waals surface area (Å²) in [7, 11) is 0. The molecular weight excluding hydrogens is 359 g/mol. The highest BCUT2D eigenvalue weighted by Crippen LogP contribution is 2.41. The van der Waals surface area contributed by atoms with Crippen molar-refractivity contribution in [2.24, 2.45) is 5.92 Å². The highest BCUT2D eigenvalue weighted by Gasteiger charge is 2.34. The lowest BCUT2D eigenvalue weighted by Gasteiger charge is -2.38. The number of hydrogen-bond donors (Lipinski definition) is 1. The number of alkyl halides is 3. The van der Waals surface area contributed by atoms with E-state index in [2.05, 4.69) is 0 Å². The Bertz CT molecular complexity index is 889. The van der Waals surface area contributed by atoms with Crippen molar-refractivity contribution in [3.05, 3.63) is 47.5 Å². The van der Waals surface area contributed by atoms with Gasteiger partial charge in [0.2, 0.25) is 0 Å². The van der Waals surface area contributed by atoms with Crippen molar-refractivity contribution < 1.29 is 27.8 Å². The maximum Gasteiger partial charge on any atom is 0.416 e. The molecule has 1 saturated heterocycles. The van der Waals surface area contributed by atoms with Crippen LogP contribution in [0.25, 0.3) is 11.1 Å². The van der Waals surface area contributed by atoms with Gasteiger partial charge in [-0.1, -0.05) is 12.1 Å². The van der Waals surface area contributed by atoms with Crippen LogP contribution in [-0.4, -0.2) is 30.8 Å². The minimum atomic E-state index is -4.45. The molecule has 0 unspecified atom stereocenters. The monoisotopic (exact) mass is 377 g/mol. The molecule has 0 atom stereocenters. The number of benzene rings is 2. The van der Waals surface area contributed by atoms with Gasteiger partial charge >= 0.3 is 12.1 Å². The summed E-state index contributed by atoms with van der Waals surface area (Å²) in [6, 6.07) is 9.50. The number of ether oxygens (including phenoxy) is 1. The van der Waals surface area contributed by atoms with Crippen molar-refractivity contribution >= 4 is 11.7 Å². The molecule has 1 N–H and O–H groups in total. The first-order chi connectivity index (χ1) is 12.8. The zero-order valence-corrected chi connectivity index (χ0v) is 14.4. The summed E-state index contributed by atoms with van der Waals surface area (Å²) in [6.07, 6.45) is -3.02. The maximum atomic E-state index is 13.3. The van der Waals surface area contributed by atoms with Crippen LogP contribution in [-0.2, 0) is 17.4 Å². The van der Waals surface area contributed by atoms with Gasteiger partial charge in [0.1, 0.15) is 5.75 Å². The topological polar surface area (TPSA) is 49.8 Å². The van der Waals surface area contributed by atoms with Crippen LogP contribution in [0.5, 0.6) is 5.75 Å². The molecule has 2 aromatic rings. The molecule has 1 fully saturated rings. The normalized spacial score (nSPS) is 17.1. The molecule has 0 spiro atoms. The number of carboxylic acids is 1. The molecule has 2 heterocycles. The van der Waals surface area contributed by atoms with Crippen molar-refractivity contribution in [2.45, 2.75) is 19.0 Å². The number of aliphatic carboxylic acids is 1. The summed E-state index contributed by atoms with van der Waals surface area (Å²) in [6.45, 7) is 1.23. The number of fused-ring (bicyclic) bond motifs is 1. The molecule has 0 amide bonds. The van der Waals surface area contributed by atoms with E-state index >= 15 is 0 Å². The SMILES string of the molecule is O=C(O)C1CN(c2cccc(-c3cc(C(F)(F)F)cc4c3CCCO4)c2)C1. The summed E-state index contributed by atoms with van der Waals surface area (Å²) in [5.41, 5.74) is 2.08. The average molecular weight is 377 g/mol. The number of halogens is 3. The van der Waals surface area contributed by atoms with Gasteiger partial charge in [-0.3, -0.25) is 4.79 Å². The van der Waals surface area contributed by atoms with E-state index in [1.807, 2.05) is 17.0 Å². The quantitative estimate of drug-likeness (QED) is 0.870. The molecule has 2 aromatic carbocycles. The Morgan fingerprint density at radius 1 is 1.19 bits per heavy atom. The Hall–Kier alpha value is -2.70. The number of rotatable bonds is 3. The fourth-order valence-corrected chi connectivity index (χ4v) is 3.60. The first-order valence-corrected chi connectivity index (χ1v) is 8.78. The third-order valence-electron chi connectivity index (χ3n) is 5.12. The molecule has 142 valence electrons. The van der Waals surface area contributed by atoms with Crippen LogP contribution in [0.4, 0.5) is 18.9 Å². The van der Waals surface area contributed by atoms with E-state index in [9.17, 15) is 18.0 Å². The van der Waals surface area contributed by atoms with Crippen molar-refractivity contribution in [2.75, 3.05) is 24.6 Å². The van der Waals surface area contributed by atoms with Crippen LogP contribution in [0.3, 0.4) is 0 Å². The van der Waals surface area contributed by atoms with Crippen molar-refractivity contribution in [1.29, 1.82) is 0 Å². The van der Waals surface area contributed by atoms with Crippen molar-refractivity contribution in [1.82, 2.24) is 0 Å². The van der Waals surface area contributed by atoms with E-state index in [0.717, 1.165) is 23.7 Å². The maximum absolute atomic E-state index is 13.3. The molecule has 2 aliphatic heterocycles. The van der Waals surface area contributed by atoms with Crippen molar-refractivity contribution in [3.8, 4) is 16.9 Å². The molecule has 0 bridgehead atoms. The second-order valence-electron chi connectivity index (χ2n) is 6.94. The van der Waals surface area contributed by atoms with Crippen LogP contribution in [0.2, 0.25) is 0 Å². The third-order valence-corrected chi connectivity index (χ3v) is 5.12. The molecule has 27 heavy (non-hydrogen) atoms. The van der Waals surface area contributed by atoms with Crippen LogP contribution in [0.15, 0.2) is 36.4 Å². The fraction of sp³-hybridized carbons (Fsp3) is 0.350. The number of nitrogens with zero attached hydrogens (tertiary/aromatic N) is 1. The number of anilines is 1. The predicted octanol–water partition coefficient (Wildman–Crippen LogP) is 4.22. The highest BCUT2D eigenvalue weighted by molar-refractivity contribution is 5.77. The average Bonchev–Trinajstić information content (AvgIpc) is 2.58. The molecular formula is C20H18F3NO3. The molecule has 0 saturated carbocycles.